The van der Waals surface area contributed by atoms with Crippen LogP contribution in [0, 0.1) is 0 Å². The first-order valence-corrected chi connectivity index (χ1v) is 19.7. The maximum Gasteiger partial charge on any atom is 0.160 e. The molecule has 0 saturated heterocycles. The Morgan fingerprint density at radius 1 is 0.379 bits per heavy atom. The molecule has 4 nitrogen and oxygen atoms in total. The highest BCUT2D eigenvalue weighted by atomic mass is 16.5. The van der Waals surface area contributed by atoms with Gasteiger partial charge in [0.15, 0.2) is 5.82 Å². The summed E-state index contributed by atoms with van der Waals surface area (Å²) in [6, 6.07) is 70.5. The molecule has 1 aliphatic carbocycles. The summed E-state index contributed by atoms with van der Waals surface area (Å²) in [7, 11) is 0. The van der Waals surface area contributed by atoms with Crippen LogP contribution in [-0.4, -0.2) is 15.0 Å². The molecule has 0 bridgehead atoms. The topological polar surface area (TPSA) is 47.9 Å². The Morgan fingerprint density at radius 3 is 1.72 bits per heavy atom. The zero-order valence-corrected chi connectivity index (χ0v) is 31.3. The zero-order valence-electron chi connectivity index (χ0n) is 31.3. The van der Waals surface area contributed by atoms with Crippen molar-refractivity contribution < 1.29 is 4.74 Å². The lowest BCUT2D eigenvalue weighted by molar-refractivity contribution is 0.436. The summed E-state index contributed by atoms with van der Waals surface area (Å²) in [4.78, 5) is 15.8. The molecular formula is C54H33N3O. The third-order valence-corrected chi connectivity index (χ3v) is 11.9. The Balaban J connectivity index is 1.15. The largest absolute Gasteiger partial charge is 0.457 e. The van der Waals surface area contributed by atoms with Crippen molar-refractivity contribution in [1.29, 1.82) is 0 Å². The highest BCUT2D eigenvalue weighted by Gasteiger charge is 2.51. The summed E-state index contributed by atoms with van der Waals surface area (Å²) in [5.74, 6) is 2.44. The molecule has 1 spiro atoms. The average Bonchev–Trinajstić information content (AvgIpc) is 3.60. The second-order valence-corrected chi connectivity index (χ2v) is 15.1. The van der Waals surface area contributed by atoms with Gasteiger partial charge in [-0.1, -0.05) is 170 Å². The number of benzene rings is 8. The number of para-hydroxylation sites is 3. The Bertz CT molecular complexity index is 3160. The average molecular weight is 740 g/mol. The first-order valence-electron chi connectivity index (χ1n) is 19.7. The lowest BCUT2D eigenvalue weighted by Crippen LogP contribution is -2.32. The number of nitrogens with zero attached hydrogens (tertiary/aromatic N) is 3. The smallest absolute Gasteiger partial charge is 0.160 e. The summed E-state index contributed by atoms with van der Waals surface area (Å²) in [6.45, 7) is 0. The van der Waals surface area contributed by atoms with E-state index in [4.69, 9.17) is 19.7 Å². The van der Waals surface area contributed by atoms with Gasteiger partial charge < -0.3 is 4.74 Å². The van der Waals surface area contributed by atoms with E-state index >= 15 is 0 Å². The molecule has 0 atom stereocenters. The van der Waals surface area contributed by atoms with E-state index in [0.29, 0.717) is 5.82 Å². The standard InChI is InChI=1S/C54H33N3O/c1-3-16-34(17-4-1)46-33-47(57-53(56-46)35-18-5-2-6-19-35)36-20-15-21-37(32-36)52-51-39(38-22-8-12-27-45(38)55-52)30-31-44-50(51)40-23-7-9-24-41(40)54(44)42-25-10-13-28-48(42)58-49-29-14-11-26-43(49)54/h1-33H. The van der Waals surface area contributed by atoms with E-state index in [1.165, 1.54) is 27.6 Å². The molecule has 0 saturated carbocycles. The Labute approximate surface area is 335 Å². The number of fused-ring (bicyclic) bond motifs is 13. The predicted octanol–water partition coefficient (Wildman–Crippen LogP) is 13.3. The highest BCUT2D eigenvalue weighted by molar-refractivity contribution is 6.18. The van der Waals surface area contributed by atoms with Crippen molar-refractivity contribution >= 4 is 21.7 Å². The van der Waals surface area contributed by atoms with Crippen molar-refractivity contribution in [3.63, 3.8) is 0 Å². The number of hydrogen-bond acceptors (Lipinski definition) is 4. The third kappa shape index (κ3) is 4.72. The monoisotopic (exact) mass is 739 g/mol. The van der Waals surface area contributed by atoms with Gasteiger partial charge in [0.1, 0.15) is 11.5 Å². The SMILES string of the molecule is c1ccc(-c2cc(-c3cccc(-c4nc5ccccc5c5ccc6c(c45)-c4ccccc4C64c5ccccc5Oc5ccccc54)c3)nc(-c3ccccc3)n2)cc1. The van der Waals surface area contributed by atoms with Gasteiger partial charge in [-0.3, -0.25) is 0 Å². The van der Waals surface area contributed by atoms with E-state index in [-0.39, 0.29) is 0 Å². The number of ether oxygens (including phenoxy) is 1. The Morgan fingerprint density at radius 2 is 0.966 bits per heavy atom. The number of rotatable bonds is 4. The van der Waals surface area contributed by atoms with Gasteiger partial charge in [0.25, 0.3) is 0 Å². The summed E-state index contributed by atoms with van der Waals surface area (Å²) in [5, 5.41) is 3.43. The molecule has 10 aromatic rings. The molecule has 0 N–H and O–H groups in total. The van der Waals surface area contributed by atoms with E-state index in [1.54, 1.807) is 0 Å². The molecule has 2 aromatic heterocycles. The molecule has 0 fully saturated rings. The Hall–Kier alpha value is -7.69. The number of pyridine rings is 1. The first-order chi connectivity index (χ1) is 28.8. The van der Waals surface area contributed by atoms with Gasteiger partial charge in [0, 0.05) is 44.2 Å². The summed E-state index contributed by atoms with van der Waals surface area (Å²) in [5.41, 5.74) is 14.2. The van der Waals surface area contributed by atoms with Crippen LogP contribution in [-0.2, 0) is 5.41 Å². The number of aromatic nitrogens is 3. The van der Waals surface area contributed by atoms with Crippen LogP contribution in [0.1, 0.15) is 22.3 Å². The minimum absolute atomic E-state index is 0.584. The van der Waals surface area contributed by atoms with Crippen LogP contribution < -0.4 is 4.74 Å². The normalized spacial score (nSPS) is 13.1. The first kappa shape index (κ1) is 32.5. The molecule has 8 aromatic carbocycles. The summed E-state index contributed by atoms with van der Waals surface area (Å²) >= 11 is 0. The fourth-order valence-corrected chi connectivity index (χ4v) is 9.49. The van der Waals surface area contributed by atoms with Gasteiger partial charge in [0.05, 0.1) is 28.0 Å². The summed E-state index contributed by atoms with van der Waals surface area (Å²) < 4.78 is 6.64. The van der Waals surface area contributed by atoms with Crippen LogP contribution in [0.25, 0.3) is 78.0 Å². The van der Waals surface area contributed by atoms with Crippen molar-refractivity contribution in [2.75, 3.05) is 0 Å². The van der Waals surface area contributed by atoms with Crippen LogP contribution in [0.4, 0.5) is 0 Å². The van der Waals surface area contributed by atoms with Crippen molar-refractivity contribution in [3.05, 3.63) is 222 Å². The molecule has 0 radical (unpaired) electrons. The van der Waals surface area contributed by atoms with Crippen LogP contribution in [0.2, 0.25) is 0 Å². The van der Waals surface area contributed by atoms with Gasteiger partial charge in [0.2, 0.25) is 0 Å². The number of hydrogen-bond donors (Lipinski definition) is 0. The minimum Gasteiger partial charge on any atom is -0.457 e. The minimum atomic E-state index is -0.584. The van der Waals surface area contributed by atoms with Gasteiger partial charge >= 0.3 is 0 Å². The fourth-order valence-electron chi connectivity index (χ4n) is 9.49. The van der Waals surface area contributed by atoms with E-state index in [9.17, 15) is 0 Å². The van der Waals surface area contributed by atoms with E-state index in [1.807, 2.05) is 24.3 Å². The van der Waals surface area contributed by atoms with Crippen LogP contribution in [0.5, 0.6) is 11.5 Å². The lowest BCUT2D eigenvalue weighted by Gasteiger charge is -2.39. The van der Waals surface area contributed by atoms with Crippen molar-refractivity contribution in [3.8, 4) is 67.8 Å². The molecule has 0 unspecified atom stereocenters. The van der Waals surface area contributed by atoms with Crippen LogP contribution >= 0.6 is 0 Å². The van der Waals surface area contributed by atoms with E-state index < -0.39 is 5.41 Å². The van der Waals surface area contributed by atoms with Crippen LogP contribution in [0.15, 0.2) is 200 Å². The molecule has 270 valence electrons. The molecule has 2 aliphatic rings. The van der Waals surface area contributed by atoms with Crippen molar-refractivity contribution in [2.24, 2.45) is 0 Å². The highest BCUT2D eigenvalue weighted by Crippen LogP contribution is 2.63. The van der Waals surface area contributed by atoms with Gasteiger partial charge in [-0.05, 0) is 58.0 Å². The van der Waals surface area contributed by atoms with Crippen molar-refractivity contribution in [2.45, 2.75) is 5.41 Å². The maximum atomic E-state index is 6.64. The molecule has 0 amide bonds. The summed E-state index contributed by atoms with van der Waals surface area (Å²) in [6.07, 6.45) is 0. The second kappa shape index (κ2) is 12.7. The molecule has 1 aliphatic heterocycles. The molecule has 4 heteroatoms. The van der Waals surface area contributed by atoms with Gasteiger partial charge in [-0.15, -0.1) is 0 Å². The lowest BCUT2D eigenvalue weighted by atomic mass is 9.66. The molecule has 58 heavy (non-hydrogen) atoms. The van der Waals surface area contributed by atoms with Crippen LogP contribution in [0.3, 0.4) is 0 Å². The zero-order chi connectivity index (χ0) is 38.2. The van der Waals surface area contributed by atoms with E-state index in [2.05, 4.69) is 176 Å². The quantitative estimate of drug-likeness (QED) is 0.169. The van der Waals surface area contributed by atoms with Gasteiger partial charge in [-0.25, -0.2) is 15.0 Å². The van der Waals surface area contributed by atoms with Gasteiger partial charge in [-0.2, -0.15) is 0 Å². The second-order valence-electron chi connectivity index (χ2n) is 15.1. The van der Waals surface area contributed by atoms with Crippen molar-refractivity contribution in [1.82, 2.24) is 15.0 Å². The molecular weight excluding hydrogens is 707 g/mol. The molecule has 3 heterocycles. The third-order valence-electron chi connectivity index (χ3n) is 11.9. The predicted molar refractivity (Wildman–Crippen MR) is 234 cm³/mol. The molecule has 12 rings (SSSR count). The maximum absolute atomic E-state index is 6.64. The fraction of sp³-hybridized carbons (Fsp3) is 0.0185. The van der Waals surface area contributed by atoms with E-state index in [0.717, 1.165) is 78.3 Å². The Kier molecular flexibility index (Phi) is 7.11.